The molecular weight excluding hydrogens is 333 g/mol. The number of rotatable bonds is 2. The van der Waals surface area contributed by atoms with Crippen LogP contribution in [0.15, 0.2) is 22.7 Å². The number of nitrogens with one attached hydrogen (secondary N) is 1. The van der Waals surface area contributed by atoms with Gasteiger partial charge in [-0.15, -0.1) is 0 Å². The van der Waals surface area contributed by atoms with Gasteiger partial charge in [-0.3, -0.25) is 0 Å². The second kappa shape index (κ2) is 5.22. The fourth-order valence-corrected chi connectivity index (χ4v) is 3.57. The molecule has 0 radical (unpaired) electrons. The molecule has 0 aromatic heterocycles. The lowest BCUT2D eigenvalue weighted by Crippen LogP contribution is -2.53. The lowest BCUT2D eigenvalue weighted by molar-refractivity contribution is -0.137. The van der Waals surface area contributed by atoms with Crippen molar-refractivity contribution in [1.82, 2.24) is 4.90 Å². The highest BCUT2D eigenvalue weighted by Crippen LogP contribution is 2.38. The predicted molar refractivity (Wildman–Crippen MR) is 75.7 cm³/mol. The van der Waals surface area contributed by atoms with E-state index in [1.807, 2.05) is 0 Å². The van der Waals surface area contributed by atoms with Gasteiger partial charge >= 0.3 is 6.18 Å². The minimum absolute atomic E-state index is 0.118. The molecule has 1 atom stereocenters. The molecule has 3 fully saturated rings. The van der Waals surface area contributed by atoms with E-state index in [-0.39, 0.29) is 11.7 Å². The topological polar surface area (TPSA) is 15.3 Å². The molecule has 1 aromatic carbocycles. The molecule has 0 saturated carbocycles. The minimum atomic E-state index is -4.32. The van der Waals surface area contributed by atoms with Gasteiger partial charge in [0.1, 0.15) is 0 Å². The molecule has 3 heterocycles. The molecular formula is C14H16BrF3N2. The highest BCUT2D eigenvalue weighted by atomic mass is 79.9. The van der Waals surface area contributed by atoms with E-state index in [9.17, 15) is 13.2 Å². The number of piperidine rings is 3. The number of fused-ring (bicyclic) bond motifs is 3. The Balaban J connectivity index is 1.85. The fraction of sp³-hybridized carbons (Fsp3) is 0.571. The third-order valence-corrected chi connectivity index (χ3v) is 4.78. The van der Waals surface area contributed by atoms with Crippen molar-refractivity contribution in [2.75, 3.05) is 25.0 Å². The third kappa shape index (κ3) is 2.81. The van der Waals surface area contributed by atoms with Gasteiger partial charge in [0.2, 0.25) is 0 Å². The Morgan fingerprint density at radius 2 is 1.90 bits per heavy atom. The zero-order chi connectivity index (χ0) is 14.3. The van der Waals surface area contributed by atoms with Crippen molar-refractivity contribution in [3.8, 4) is 0 Å². The Morgan fingerprint density at radius 1 is 1.20 bits per heavy atom. The molecule has 6 heteroatoms. The first-order valence-electron chi connectivity index (χ1n) is 6.79. The Hall–Kier alpha value is -0.750. The fourth-order valence-electron chi connectivity index (χ4n) is 3.21. The Labute approximate surface area is 124 Å². The molecule has 2 nitrogen and oxygen atoms in total. The molecule has 3 aliphatic heterocycles. The Morgan fingerprint density at radius 3 is 2.45 bits per heavy atom. The summed E-state index contributed by atoms with van der Waals surface area (Å²) in [5, 5.41) is 3.14. The third-order valence-electron chi connectivity index (χ3n) is 4.28. The van der Waals surface area contributed by atoms with Crippen LogP contribution in [0.1, 0.15) is 18.4 Å². The number of anilines is 1. The van der Waals surface area contributed by atoms with Crippen LogP contribution in [0, 0.1) is 5.92 Å². The van der Waals surface area contributed by atoms with E-state index in [2.05, 4.69) is 26.1 Å². The number of hydrogen-bond acceptors (Lipinski definition) is 2. The summed E-state index contributed by atoms with van der Waals surface area (Å²) in [5.74, 6) is 0.486. The van der Waals surface area contributed by atoms with E-state index < -0.39 is 11.7 Å². The van der Waals surface area contributed by atoms with E-state index in [1.165, 1.54) is 12.1 Å². The van der Waals surface area contributed by atoms with Crippen molar-refractivity contribution in [3.63, 3.8) is 0 Å². The van der Waals surface area contributed by atoms with Crippen LogP contribution in [-0.2, 0) is 6.18 Å². The van der Waals surface area contributed by atoms with Crippen LogP contribution in [0.25, 0.3) is 0 Å². The summed E-state index contributed by atoms with van der Waals surface area (Å²) in [7, 11) is 0. The van der Waals surface area contributed by atoms with Gasteiger partial charge in [-0.2, -0.15) is 13.2 Å². The highest BCUT2D eigenvalue weighted by molar-refractivity contribution is 9.10. The van der Waals surface area contributed by atoms with Gasteiger partial charge in [0.25, 0.3) is 0 Å². The molecule has 1 N–H and O–H groups in total. The average molecular weight is 349 g/mol. The maximum atomic E-state index is 13.1. The summed E-state index contributed by atoms with van der Waals surface area (Å²) in [6.45, 7) is 3.00. The molecule has 1 aromatic rings. The van der Waals surface area contributed by atoms with Crippen molar-refractivity contribution >= 4 is 21.6 Å². The number of nitrogens with zero attached hydrogens (tertiary/aromatic N) is 1. The summed E-state index contributed by atoms with van der Waals surface area (Å²) in [6, 6.07) is 4.21. The van der Waals surface area contributed by atoms with E-state index >= 15 is 0 Å². The molecule has 20 heavy (non-hydrogen) atoms. The molecule has 3 aliphatic rings. The van der Waals surface area contributed by atoms with Crippen molar-refractivity contribution in [2.24, 2.45) is 5.92 Å². The van der Waals surface area contributed by atoms with Crippen LogP contribution in [0.5, 0.6) is 0 Å². The van der Waals surface area contributed by atoms with E-state index in [0.717, 1.165) is 38.5 Å². The second-order valence-corrected chi connectivity index (χ2v) is 6.49. The summed E-state index contributed by atoms with van der Waals surface area (Å²) < 4.78 is 39.8. The highest BCUT2D eigenvalue weighted by Gasteiger charge is 2.37. The van der Waals surface area contributed by atoms with Crippen LogP contribution in [0.2, 0.25) is 0 Å². The first kappa shape index (κ1) is 14.2. The first-order chi connectivity index (χ1) is 9.43. The molecule has 1 unspecified atom stereocenters. The average Bonchev–Trinajstić information content (AvgIpc) is 2.38. The molecule has 3 saturated heterocycles. The normalized spacial score (nSPS) is 29.5. The van der Waals surface area contributed by atoms with Crippen LogP contribution in [-0.4, -0.2) is 30.6 Å². The molecule has 110 valence electrons. The summed E-state index contributed by atoms with van der Waals surface area (Å²) in [6.07, 6.45) is -2.17. The SMILES string of the molecule is FC(F)(F)c1ccc(Br)cc1NC1CN2CCC1CC2. The monoisotopic (exact) mass is 348 g/mol. The van der Waals surface area contributed by atoms with Gasteiger partial charge in [-0.1, -0.05) is 15.9 Å². The van der Waals surface area contributed by atoms with Crippen molar-refractivity contribution in [2.45, 2.75) is 25.1 Å². The zero-order valence-corrected chi connectivity index (χ0v) is 12.5. The van der Waals surface area contributed by atoms with Crippen LogP contribution in [0.3, 0.4) is 0 Å². The number of halogens is 4. The summed E-state index contributed by atoms with van der Waals surface area (Å²) in [4.78, 5) is 2.32. The molecule has 0 spiro atoms. The minimum Gasteiger partial charge on any atom is -0.380 e. The molecule has 4 rings (SSSR count). The van der Waals surface area contributed by atoms with Crippen molar-refractivity contribution in [3.05, 3.63) is 28.2 Å². The second-order valence-electron chi connectivity index (χ2n) is 5.58. The van der Waals surface area contributed by atoms with E-state index in [0.29, 0.717) is 10.4 Å². The number of hydrogen-bond donors (Lipinski definition) is 1. The first-order valence-corrected chi connectivity index (χ1v) is 7.58. The van der Waals surface area contributed by atoms with E-state index in [1.54, 1.807) is 0 Å². The van der Waals surface area contributed by atoms with Crippen LogP contribution in [0.4, 0.5) is 18.9 Å². The predicted octanol–water partition coefficient (Wildman–Crippen LogP) is 3.97. The molecule has 2 bridgehead atoms. The van der Waals surface area contributed by atoms with Crippen molar-refractivity contribution in [1.29, 1.82) is 0 Å². The largest absolute Gasteiger partial charge is 0.418 e. The van der Waals surface area contributed by atoms with Gasteiger partial charge in [-0.25, -0.2) is 0 Å². The van der Waals surface area contributed by atoms with Gasteiger partial charge in [0.15, 0.2) is 0 Å². The number of alkyl halides is 3. The molecule has 0 amide bonds. The number of benzene rings is 1. The summed E-state index contributed by atoms with van der Waals surface area (Å²) >= 11 is 3.25. The van der Waals surface area contributed by atoms with Crippen LogP contribution < -0.4 is 5.32 Å². The Bertz CT molecular complexity index is 496. The van der Waals surface area contributed by atoms with Gasteiger partial charge in [-0.05, 0) is 50.0 Å². The maximum Gasteiger partial charge on any atom is 0.418 e. The summed E-state index contributed by atoms with van der Waals surface area (Å²) in [5.41, 5.74) is -0.400. The standard InChI is InChI=1S/C14H16BrF3N2/c15-10-1-2-11(14(16,17)18)12(7-10)19-13-8-20-5-3-9(13)4-6-20/h1-2,7,9,13,19H,3-6,8H2. The zero-order valence-electron chi connectivity index (χ0n) is 10.9. The quantitative estimate of drug-likeness (QED) is 0.869. The van der Waals surface area contributed by atoms with E-state index in [4.69, 9.17) is 0 Å². The van der Waals surface area contributed by atoms with Gasteiger partial charge in [0, 0.05) is 22.7 Å². The lowest BCUT2D eigenvalue weighted by Gasteiger charge is -2.45. The Kier molecular flexibility index (Phi) is 3.71. The lowest BCUT2D eigenvalue weighted by atomic mass is 9.84. The van der Waals surface area contributed by atoms with Gasteiger partial charge < -0.3 is 10.2 Å². The van der Waals surface area contributed by atoms with Gasteiger partial charge in [0.05, 0.1) is 5.56 Å². The molecule has 0 aliphatic carbocycles. The van der Waals surface area contributed by atoms with Crippen molar-refractivity contribution < 1.29 is 13.2 Å². The maximum absolute atomic E-state index is 13.1. The smallest absolute Gasteiger partial charge is 0.380 e. The van der Waals surface area contributed by atoms with Crippen LogP contribution >= 0.6 is 15.9 Å².